The van der Waals surface area contributed by atoms with Crippen LogP contribution in [-0.4, -0.2) is 36.3 Å². The number of amides is 1. The molecule has 1 N–H and O–H groups in total. The molecule has 3 aromatic rings. The summed E-state index contributed by atoms with van der Waals surface area (Å²) in [4.78, 5) is 25.1. The molecule has 4 rings (SSSR count). The van der Waals surface area contributed by atoms with Gasteiger partial charge < -0.3 is 9.73 Å². The first-order valence-electron chi connectivity index (χ1n) is 9.39. The van der Waals surface area contributed by atoms with Crippen LogP contribution in [0.15, 0.2) is 62.6 Å². The Kier molecular flexibility index (Phi) is 5.01. The molecule has 1 saturated heterocycles. The van der Waals surface area contributed by atoms with Crippen molar-refractivity contribution in [2.75, 3.05) is 18.4 Å². The molecular formula is C20H21N3O5S. The van der Waals surface area contributed by atoms with Crippen LogP contribution in [0.2, 0.25) is 0 Å². The maximum absolute atomic E-state index is 12.8. The van der Waals surface area contributed by atoms with Gasteiger partial charge in [-0.25, -0.2) is 13.2 Å². The van der Waals surface area contributed by atoms with E-state index in [4.69, 9.17) is 4.42 Å². The van der Waals surface area contributed by atoms with Crippen LogP contribution in [0, 0.1) is 0 Å². The lowest BCUT2D eigenvalue weighted by atomic mass is 10.2. The third-order valence-electron chi connectivity index (χ3n) is 5.09. The second kappa shape index (κ2) is 7.49. The monoisotopic (exact) mass is 415 g/mol. The molecule has 1 aromatic heterocycles. The van der Waals surface area contributed by atoms with E-state index in [-0.39, 0.29) is 4.90 Å². The second-order valence-corrected chi connectivity index (χ2v) is 8.95. The number of hydrogen-bond donors (Lipinski definition) is 1. The van der Waals surface area contributed by atoms with Gasteiger partial charge in [-0.3, -0.25) is 9.36 Å². The quantitative estimate of drug-likeness (QED) is 0.690. The third kappa shape index (κ3) is 3.58. The first-order chi connectivity index (χ1) is 13.9. The number of para-hydroxylation sites is 2. The molecule has 1 aliphatic heterocycles. The summed E-state index contributed by atoms with van der Waals surface area (Å²) in [5.41, 5.74) is 1.27. The average molecular weight is 415 g/mol. The first-order valence-corrected chi connectivity index (χ1v) is 10.8. The van der Waals surface area contributed by atoms with Crippen molar-refractivity contribution in [3.05, 3.63) is 59.1 Å². The van der Waals surface area contributed by atoms with Gasteiger partial charge in [-0.1, -0.05) is 18.2 Å². The van der Waals surface area contributed by atoms with Gasteiger partial charge in [-0.15, -0.1) is 0 Å². The molecule has 1 fully saturated rings. The highest BCUT2D eigenvalue weighted by molar-refractivity contribution is 7.89. The van der Waals surface area contributed by atoms with Gasteiger partial charge in [-0.2, -0.15) is 4.31 Å². The topological polar surface area (TPSA) is 102 Å². The Bertz CT molecular complexity index is 1220. The Morgan fingerprint density at radius 1 is 1.10 bits per heavy atom. The number of fused-ring (bicyclic) bond motifs is 1. The molecule has 2 aromatic carbocycles. The summed E-state index contributed by atoms with van der Waals surface area (Å²) in [5.74, 6) is -1.08. The Hall–Kier alpha value is -2.91. The van der Waals surface area contributed by atoms with Crippen molar-refractivity contribution in [1.29, 1.82) is 0 Å². The zero-order valence-electron chi connectivity index (χ0n) is 15.9. The molecule has 0 aliphatic carbocycles. The number of aromatic nitrogens is 1. The molecule has 0 radical (unpaired) electrons. The summed E-state index contributed by atoms with van der Waals surface area (Å²) in [7, 11) is -3.58. The SMILES string of the molecule is CC(C(=O)Nc1cccc(S(=O)(=O)N2CCCC2)c1)n1c(=O)oc2ccccc21. The summed E-state index contributed by atoms with van der Waals surface area (Å²) in [6.45, 7) is 2.60. The molecule has 152 valence electrons. The number of hydrogen-bond acceptors (Lipinski definition) is 5. The van der Waals surface area contributed by atoms with Crippen molar-refractivity contribution < 1.29 is 17.6 Å². The lowest BCUT2D eigenvalue weighted by Crippen LogP contribution is -2.30. The number of oxazole rings is 1. The number of rotatable bonds is 5. The predicted octanol–water partition coefficient (Wildman–Crippen LogP) is 2.58. The molecule has 29 heavy (non-hydrogen) atoms. The van der Waals surface area contributed by atoms with Gasteiger partial charge >= 0.3 is 5.76 Å². The largest absolute Gasteiger partial charge is 0.420 e. The Morgan fingerprint density at radius 3 is 2.59 bits per heavy atom. The van der Waals surface area contributed by atoms with Crippen molar-refractivity contribution in [2.24, 2.45) is 0 Å². The van der Waals surface area contributed by atoms with Crippen molar-refractivity contribution >= 4 is 32.7 Å². The minimum absolute atomic E-state index is 0.135. The molecule has 9 heteroatoms. The van der Waals surface area contributed by atoms with Gasteiger partial charge in [0.05, 0.1) is 10.4 Å². The van der Waals surface area contributed by atoms with Crippen LogP contribution < -0.4 is 11.1 Å². The Morgan fingerprint density at radius 2 is 1.83 bits per heavy atom. The normalized spacial score (nSPS) is 16.2. The van der Waals surface area contributed by atoms with Crippen molar-refractivity contribution in [1.82, 2.24) is 8.87 Å². The number of benzene rings is 2. The number of nitrogens with zero attached hydrogens (tertiary/aromatic N) is 2. The molecule has 0 spiro atoms. The Balaban J connectivity index is 1.58. The lowest BCUT2D eigenvalue weighted by molar-refractivity contribution is -0.118. The molecule has 1 aliphatic rings. The third-order valence-corrected chi connectivity index (χ3v) is 6.98. The van der Waals surface area contributed by atoms with Crippen LogP contribution in [0.25, 0.3) is 11.1 Å². The highest BCUT2D eigenvalue weighted by atomic mass is 32.2. The van der Waals surface area contributed by atoms with Crippen molar-refractivity contribution in [2.45, 2.75) is 30.7 Å². The number of nitrogens with one attached hydrogen (secondary N) is 1. The van der Waals surface area contributed by atoms with Crippen molar-refractivity contribution in [3.8, 4) is 0 Å². The maximum Gasteiger partial charge on any atom is 0.420 e. The van der Waals surface area contributed by atoms with Crippen LogP contribution >= 0.6 is 0 Å². The number of anilines is 1. The number of carbonyl (C=O) groups is 1. The van der Waals surface area contributed by atoms with E-state index in [0.717, 1.165) is 12.8 Å². The van der Waals surface area contributed by atoms with Gasteiger partial charge in [0.15, 0.2) is 5.58 Å². The molecule has 1 amide bonds. The average Bonchev–Trinajstić information content (AvgIpc) is 3.35. The zero-order chi connectivity index (χ0) is 20.6. The Labute approximate surface area is 167 Å². The van der Waals surface area contributed by atoms with E-state index in [0.29, 0.717) is 29.9 Å². The van der Waals surface area contributed by atoms with Gasteiger partial charge in [0, 0.05) is 18.8 Å². The van der Waals surface area contributed by atoms with E-state index >= 15 is 0 Å². The van der Waals surface area contributed by atoms with E-state index in [1.165, 1.54) is 21.0 Å². The van der Waals surface area contributed by atoms with Crippen LogP contribution in [0.5, 0.6) is 0 Å². The summed E-state index contributed by atoms with van der Waals surface area (Å²) in [6.07, 6.45) is 1.70. The fourth-order valence-corrected chi connectivity index (χ4v) is 5.09. The fraction of sp³-hybridized carbons (Fsp3) is 0.300. The van der Waals surface area contributed by atoms with Crippen molar-refractivity contribution in [3.63, 3.8) is 0 Å². The summed E-state index contributed by atoms with van der Waals surface area (Å²) >= 11 is 0. The van der Waals surface area contributed by atoms with Crippen LogP contribution in [-0.2, 0) is 14.8 Å². The van der Waals surface area contributed by atoms with E-state index in [2.05, 4.69) is 5.32 Å². The van der Waals surface area contributed by atoms with E-state index in [1.54, 1.807) is 43.3 Å². The maximum atomic E-state index is 12.8. The smallest absolute Gasteiger partial charge is 0.408 e. The molecule has 2 heterocycles. The van der Waals surface area contributed by atoms with Gasteiger partial charge in [0.2, 0.25) is 15.9 Å². The molecule has 0 bridgehead atoms. The van der Waals surface area contributed by atoms with E-state index < -0.39 is 27.7 Å². The summed E-state index contributed by atoms with van der Waals surface area (Å²) < 4.78 is 33.4. The summed E-state index contributed by atoms with van der Waals surface area (Å²) in [5, 5.41) is 2.70. The molecule has 0 saturated carbocycles. The van der Waals surface area contributed by atoms with Gasteiger partial charge in [0.25, 0.3) is 0 Å². The fourth-order valence-electron chi connectivity index (χ4n) is 3.53. The summed E-state index contributed by atoms with van der Waals surface area (Å²) in [6, 6.07) is 12.2. The lowest BCUT2D eigenvalue weighted by Gasteiger charge is -2.17. The van der Waals surface area contributed by atoms with Crippen LogP contribution in [0.3, 0.4) is 0 Å². The molecule has 8 nitrogen and oxygen atoms in total. The predicted molar refractivity (Wildman–Crippen MR) is 108 cm³/mol. The number of carbonyl (C=O) groups excluding carboxylic acids is 1. The zero-order valence-corrected chi connectivity index (χ0v) is 16.7. The highest BCUT2D eigenvalue weighted by Crippen LogP contribution is 2.24. The first kappa shape index (κ1) is 19.4. The van der Waals surface area contributed by atoms with Crippen LogP contribution in [0.1, 0.15) is 25.8 Å². The van der Waals surface area contributed by atoms with E-state index in [9.17, 15) is 18.0 Å². The minimum Gasteiger partial charge on any atom is -0.408 e. The number of sulfonamides is 1. The second-order valence-electron chi connectivity index (χ2n) is 7.01. The van der Waals surface area contributed by atoms with Gasteiger partial charge in [0.1, 0.15) is 6.04 Å². The van der Waals surface area contributed by atoms with Gasteiger partial charge in [-0.05, 0) is 50.1 Å². The van der Waals surface area contributed by atoms with E-state index in [1.807, 2.05) is 0 Å². The standard InChI is InChI=1S/C20H21N3O5S/c1-14(23-17-9-2-3-10-18(17)28-20(23)25)19(24)21-15-7-6-8-16(13-15)29(26,27)22-11-4-5-12-22/h2-3,6-10,13-14H,4-5,11-12H2,1H3,(H,21,24). The highest BCUT2D eigenvalue weighted by Gasteiger charge is 2.27. The molecule has 1 unspecified atom stereocenters. The van der Waals surface area contributed by atoms with Crippen LogP contribution in [0.4, 0.5) is 5.69 Å². The minimum atomic E-state index is -3.58. The molecular weight excluding hydrogens is 394 g/mol. The molecule has 1 atom stereocenters.